The summed E-state index contributed by atoms with van der Waals surface area (Å²) in [5, 5.41) is 5.13. The van der Waals surface area contributed by atoms with Gasteiger partial charge in [0.05, 0.1) is 19.8 Å². The first-order valence-corrected chi connectivity index (χ1v) is 11.6. The van der Waals surface area contributed by atoms with Crippen molar-refractivity contribution in [2.75, 3.05) is 32.8 Å². The molecule has 1 aromatic heterocycles. The summed E-state index contributed by atoms with van der Waals surface area (Å²) in [4.78, 5) is 31.6. The van der Waals surface area contributed by atoms with Crippen LogP contribution >= 0.6 is 11.3 Å². The first-order chi connectivity index (χ1) is 14.2. The molecule has 5 heterocycles. The number of likely N-dealkylation sites (tertiary alicyclic amines) is 1. The number of carbonyl (C=O) groups is 2. The van der Waals surface area contributed by atoms with Crippen LogP contribution in [-0.4, -0.2) is 72.8 Å². The molecule has 4 saturated heterocycles. The third-order valence-electron chi connectivity index (χ3n) is 6.80. The van der Waals surface area contributed by atoms with E-state index in [-0.39, 0.29) is 36.1 Å². The molecular formula is C21H29N3O4S. The van der Waals surface area contributed by atoms with Gasteiger partial charge in [0.15, 0.2) is 6.29 Å². The molecule has 0 radical (unpaired) electrons. The molecule has 0 unspecified atom stereocenters. The van der Waals surface area contributed by atoms with Crippen LogP contribution in [0.5, 0.6) is 0 Å². The summed E-state index contributed by atoms with van der Waals surface area (Å²) in [5.41, 5.74) is 0. The quantitative estimate of drug-likeness (QED) is 0.782. The number of hydrogen-bond acceptors (Lipinski definition) is 6. The molecule has 158 valence electrons. The number of nitrogens with zero attached hydrogens (tertiary/aromatic N) is 2. The van der Waals surface area contributed by atoms with Gasteiger partial charge in [-0.05, 0) is 36.6 Å². The summed E-state index contributed by atoms with van der Waals surface area (Å²) in [6.45, 7) is 4.36. The number of ether oxygens (including phenoxy) is 2. The first kappa shape index (κ1) is 19.5. The third-order valence-corrected chi connectivity index (χ3v) is 7.68. The summed E-state index contributed by atoms with van der Waals surface area (Å²) in [6.07, 6.45) is 3.36. The van der Waals surface area contributed by atoms with Crippen molar-refractivity contribution in [3.8, 4) is 0 Å². The number of fused-ring (bicyclic) bond motifs is 4. The average Bonchev–Trinajstić information content (AvgIpc) is 3.41. The highest BCUT2D eigenvalue weighted by Crippen LogP contribution is 2.41. The van der Waals surface area contributed by atoms with Crippen LogP contribution in [0.25, 0.3) is 0 Å². The van der Waals surface area contributed by atoms with Crippen molar-refractivity contribution in [3.05, 3.63) is 22.4 Å². The van der Waals surface area contributed by atoms with E-state index in [2.05, 4.69) is 10.2 Å². The van der Waals surface area contributed by atoms with Crippen molar-refractivity contribution in [2.24, 2.45) is 11.8 Å². The summed E-state index contributed by atoms with van der Waals surface area (Å²) >= 11 is 1.64. The molecule has 1 N–H and O–H groups in total. The minimum absolute atomic E-state index is 0.00248. The molecule has 2 bridgehead atoms. The molecule has 0 spiro atoms. The van der Waals surface area contributed by atoms with Crippen LogP contribution in [0.1, 0.15) is 30.6 Å². The Labute approximate surface area is 175 Å². The smallest absolute Gasteiger partial charge is 0.243 e. The lowest BCUT2D eigenvalue weighted by atomic mass is 9.71. The normalized spacial score (nSPS) is 33.0. The van der Waals surface area contributed by atoms with Crippen LogP contribution in [0.2, 0.25) is 0 Å². The number of thiophene rings is 1. The summed E-state index contributed by atoms with van der Waals surface area (Å²) in [7, 11) is 0. The van der Waals surface area contributed by atoms with Crippen LogP contribution in [0.4, 0.5) is 0 Å². The standard InChI is InChI=1S/C21H29N3O4S/c25-18-5-1-4-17-14-9-15(12-23(11-14)13-19-27-6-7-28-19)20(24(17)18)21(26)22-10-16-3-2-8-29-16/h2-3,8,14-15,17,19-20H,1,4-7,9-13H2,(H,22,26)/t14-,15+,17-,20+/m0/s1. The van der Waals surface area contributed by atoms with Gasteiger partial charge in [-0.3, -0.25) is 14.5 Å². The Morgan fingerprint density at radius 3 is 2.86 bits per heavy atom. The topological polar surface area (TPSA) is 71.1 Å². The molecule has 4 aliphatic heterocycles. The number of piperidine rings is 3. The van der Waals surface area contributed by atoms with Crippen molar-refractivity contribution >= 4 is 23.2 Å². The Kier molecular flexibility index (Phi) is 5.60. The van der Waals surface area contributed by atoms with Crippen LogP contribution in [0.15, 0.2) is 17.5 Å². The van der Waals surface area contributed by atoms with Gasteiger partial charge in [-0.15, -0.1) is 11.3 Å². The minimum atomic E-state index is -0.364. The molecule has 4 atom stereocenters. The third kappa shape index (κ3) is 3.95. The number of hydrogen-bond donors (Lipinski definition) is 1. The Bertz CT molecular complexity index is 736. The predicted molar refractivity (Wildman–Crippen MR) is 108 cm³/mol. The summed E-state index contributed by atoms with van der Waals surface area (Å²) in [5.74, 6) is 0.748. The molecule has 29 heavy (non-hydrogen) atoms. The van der Waals surface area contributed by atoms with E-state index in [1.807, 2.05) is 22.4 Å². The Morgan fingerprint density at radius 1 is 1.24 bits per heavy atom. The molecule has 2 amide bonds. The van der Waals surface area contributed by atoms with Gasteiger partial charge in [-0.25, -0.2) is 0 Å². The first-order valence-electron chi connectivity index (χ1n) is 10.8. The van der Waals surface area contributed by atoms with Crippen LogP contribution in [0.3, 0.4) is 0 Å². The van der Waals surface area contributed by atoms with Crippen molar-refractivity contribution in [3.63, 3.8) is 0 Å². The summed E-state index contributed by atoms with van der Waals surface area (Å²) < 4.78 is 11.3. The molecule has 1 aromatic rings. The molecule has 0 saturated carbocycles. The Morgan fingerprint density at radius 2 is 2.07 bits per heavy atom. The molecule has 8 heteroatoms. The minimum Gasteiger partial charge on any atom is -0.349 e. The second kappa shape index (κ2) is 8.34. The zero-order valence-electron chi connectivity index (χ0n) is 16.6. The number of carbonyl (C=O) groups excluding carboxylic acids is 2. The van der Waals surface area contributed by atoms with Crippen LogP contribution in [-0.2, 0) is 25.6 Å². The second-order valence-corrected chi connectivity index (χ2v) is 9.68. The fourth-order valence-electron chi connectivity index (χ4n) is 5.66. The van der Waals surface area contributed by atoms with E-state index in [9.17, 15) is 9.59 Å². The Balaban J connectivity index is 1.33. The highest BCUT2D eigenvalue weighted by atomic mass is 32.1. The van der Waals surface area contributed by atoms with E-state index < -0.39 is 0 Å². The van der Waals surface area contributed by atoms with Gasteiger partial charge in [0.25, 0.3) is 0 Å². The highest BCUT2D eigenvalue weighted by molar-refractivity contribution is 7.09. The van der Waals surface area contributed by atoms with Crippen LogP contribution < -0.4 is 5.32 Å². The summed E-state index contributed by atoms with van der Waals surface area (Å²) in [6, 6.07) is 3.84. The van der Waals surface area contributed by atoms with Crippen molar-refractivity contribution in [1.82, 2.24) is 15.1 Å². The Hall–Kier alpha value is -1.48. The zero-order chi connectivity index (χ0) is 19.8. The van der Waals surface area contributed by atoms with Crippen molar-refractivity contribution in [2.45, 2.75) is 50.6 Å². The van der Waals surface area contributed by atoms with Gasteiger partial charge >= 0.3 is 0 Å². The van der Waals surface area contributed by atoms with E-state index in [0.29, 0.717) is 32.1 Å². The van der Waals surface area contributed by atoms with Crippen molar-refractivity contribution in [1.29, 1.82) is 0 Å². The molecule has 0 aromatic carbocycles. The van der Waals surface area contributed by atoms with E-state index in [4.69, 9.17) is 9.47 Å². The highest BCUT2D eigenvalue weighted by Gasteiger charge is 2.52. The molecule has 0 aliphatic carbocycles. The van der Waals surface area contributed by atoms with Gasteiger partial charge in [0.2, 0.25) is 11.8 Å². The largest absolute Gasteiger partial charge is 0.349 e. The molecule has 7 nitrogen and oxygen atoms in total. The molecule has 4 fully saturated rings. The maximum Gasteiger partial charge on any atom is 0.243 e. The lowest BCUT2D eigenvalue weighted by molar-refractivity contribution is -0.162. The molecule has 4 aliphatic rings. The molecular weight excluding hydrogens is 390 g/mol. The van der Waals surface area contributed by atoms with Gasteiger partial charge < -0.3 is 19.7 Å². The van der Waals surface area contributed by atoms with Gasteiger partial charge in [-0.2, -0.15) is 0 Å². The average molecular weight is 420 g/mol. The maximum atomic E-state index is 13.3. The van der Waals surface area contributed by atoms with Crippen molar-refractivity contribution < 1.29 is 19.1 Å². The molecule has 5 rings (SSSR count). The van der Waals surface area contributed by atoms with E-state index >= 15 is 0 Å². The van der Waals surface area contributed by atoms with Gasteiger partial charge in [-0.1, -0.05) is 6.07 Å². The maximum absolute atomic E-state index is 13.3. The second-order valence-electron chi connectivity index (χ2n) is 8.65. The SMILES string of the molecule is O=C(NCc1cccs1)[C@H]1[C@@H]2C[C@@H](CN(CC3OCCO3)C2)[C@@H]2CCCC(=O)N21. The van der Waals surface area contributed by atoms with Gasteiger partial charge in [0, 0.05) is 42.9 Å². The van der Waals surface area contributed by atoms with E-state index in [1.54, 1.807) is 11.3 Å². The van der Waals surface area contributed by atoms with E-state index in [1.165, 1.54) is 0 Å². The number of amides is 2. The zero-order valence-corrected chi connectivity index (χ0v) is 17.4. The lowest BCUT2D eigenvalue weighted by Crippen LogP contribution is -2.68. The van der Waals surface area contributed by atoms with Crippen LogP contribution in [0, 0.1) is 11.8 Å². The number of rotatable bonds is 5. The van der Waals surface area contributed by atoms with Gasteiger partial charge in [0.1, 0.15) is 6.04 Å². The fourth-order valence-corrected chi connectivity index (χ4v) is 6.30. The number of nitrogens with one attached hydrogen (secondary N) is 1. The monoisotopic (exact) mass is 419 g/mol. The lowest BCUT2D eigenvalue weighted by Gasteiger charge is -2.56. The van der Waals surface area contributed by atoms with E-state index in [0.717, 1.165) is 43.8 Å². The fraction of sp³-hybridized carbons (Fsp3) is 0.714. The predicted octanol–water partition coefficient (Wildman–Crippen LogP) is 1.44.